The summed E-state index contributed by atoms with van der Waals surface area (Å²) in [6, 6.07) is 13.1. The second kappa shape index (κ2) is 6.12. The molecule has 1 aromatic carbocycles. The van der Waals surface area contributed by atoms with Crippen LogP contribution in [-0.4, -0.2) is 29.8 Å². The van der Waals surface area contributed by atoms with Crippen molar-refractivity contribution >= 4 is 11.0 Å². The van der Waals surface area contributed by atoms with Crippen molar-refractivity contribution in [2.24, 2.45) is 0 Å². The molecule has 133 valence electrons. The first-order chi connectivity index (χ1) is 13.2. The van der Waals surface area contributed by atoms with Crippen LogP contribution in [0.15, 0.2) is 42.6 Å². The molecular weight excluding hydrogens is 345 g/mol. The normalized spacial score (nSPS) is 14.0. The maximum absolute atomic E-state index is 14.1. The maximum atomic E-state index is 14.1. The first-order valence-corrected chi connectivity index (χ1v) is 8.74. The highest BCUT2D eigenvalue weighted by atomic mass is 19.1. The van der Waals surface area contributed by atoms with Crippen LogP contribution in [0.2, 0.25) is 0 Å². The van der Waals surface area contributed by atoms with Crippen LogP contribution in [0.25, 0.3) is 22.6 Å². The summed E-state index contributed by atoms with van der Waals surface area (Å²) in [6.07, 6.45) is 3.74. The van der Waals surface area contributed by atoms with Crippen molar-refractivity contribution in [2.75, 3.05) is 0 Å². The largest absolute Gasteiger partial charge is 0.493 e. The van der Waals surface area contributed by atoms with Gasteiger partial charge in [0.05, 0.1) is 23.7 Å². The van der Waals surface area contributed by atoms with Gasteiger partial charge in [0.25, 0.3) is 0 Å². The molecule has 0 bridgehead atoms. The molecule has 0 spiro atoms. The van der Waals surface area contributed by atoms with Gasteiger partial charge in [-0.25, -0.2) is 19.0 Å². The van der Waals surface area contributed by atoms with Crippen LogP contribution >= 0.6 is 0 Å². The predicted molar refractivity (Wildman–Crippen MR) is 96.5 cm³/mol. The molecule has 1 fully saturated rings. The number of hydrogen-bond acceptors (Lipinski definition) is 5. The van der Waals surface area contributed by atoms with Gasteiger partial charge in [0.15, 0.2) is 11.5 Å². The molecule has 0 aliphatic heterocycles. The standard InChI is InChI=1S/C20H15FN5O/c21-15-6-2-1-4-13(15)11-26-20-14(5-3-9-22-20)18(25-26)19-23-16(12-7-8-12)10-17(27)24-19/h1-6,9,12H,7-8,11H2,(H,23,24,27). The number of halogens is 1. The van der Waals surface area contributed by atoms with E-state index < -0.39 is 0 Å². The summed E-state index contributed by atoms with van der Waals surface area (Å²) in [6.45, 7) is 0.237. The van der Waals surface area contributed by atoms with E-state index in [1.165, 1.54) is 6.07 Å². The van der Waals surface area contributed by atoms with Gasteiger partial charge in [0, 0.05) is 17.7 Å². The molecule has 0 unspecified atom stereocenters. The number of hydrogen-bond donors (Lipinski definition) is 1. The van der Waals surface area contributed by atoms with Crippen LogP contribution in [0.3, 0.4) is 0 Å². The fourth-order valence-corrected chi connectivity index (χ4v) is 3.14. The average molecular weight is 360 g/mol. The van der Waals surface area contributed by atoms with E-state index in [1.54, 1.807) is 35.1 Å². The Morgan fingerprint density at radius 3 is 2.81 bits per heavy atom. The molecule has 6 nitrogen and oxygen atoms in total. The van der Waals surface area contributed by atoms with Crippen molar-refractivity contribution < 1.29 is 9.50 Å². The Balaban J connectivity index is 1.65. The molecule has 3 aromatic heterocycles. The molecule has 1 N–H and O–H groups in total. The van der Waals surface area contributed by atoms with Crippen molar-refractivity contribution in [1.82, 2.24) is 24.7 Å². The third-order valence-corrected chi connectivity index (χ3v) is 4.64. The summed E-state index contributed by atoms with van der Waals surface area (Å²) in [5, 5.41) is 15.3. The van der Waals surface area contributed by atoms with E-state index >= 15 is 0 Å². The fraction of sp³-hybridized carbons (Fsp3) is 0.200. The number of aromatic nitrogens is 5. The Hall–Kier alpha value is -3.35. The molecule has 0 amide bonds. The lowest BCUT2D eigenvalue weighted by Gasteiger charge is -2.04. The molecule has 7 heteroatoms. The smallest absolute Gasteiger partial charge is 0.223 e. The van der Waals surface area contributed by atoms with Crippen LogP contribution in [0.4, 0.5) is 4.39 Å². The van der Waals surface area contributed by atoms with Gasteiger partial charge in [0.2, 0.25) is 5.88 Å². The van der Waals surface area contributed by atoms with Gasteiger partial charge >= 0.3 is 0 Å². The zero-order chi connectivity index (χ0) is 18.4. The van der Waals surface area contributed by atoms with E-state index in [9.17, 15) is 9.50 Å². The monoisotopic (exact) mass is 360 g/mol. The van der Waals surface area contributed by atoms with Crippen LogP contribution in [0.5, 0.6) is 5.88 Å². The highest BCUT2D eigenvalue weighted by Gasteiger charge is 2.27. The van der Waals surface area contributed by atoms with Gasteiger partial charge in [-0.2, -0.15) is 10.1 Å². The first kappa shape index (κ1) is 15.9. The van der Waals surface area contributed by atoms with Gasteiger partial charge in [-0.15, -0.1) is 0 Å². The summed E-state index contributed by atoms with van der Waals surface area (Å²) in [7, 11) is 0. The molecule has 3 heterocycles. The summed E-state index contributed by atoms with van der Waals surface area (Å²) in [4.78, 5) is 13.1. The molecular formula is C20H15FN5O. The topological polar surface area (TPSA) is 76.7 Å². The minimum absolute atomic E-state index is 0.192. The Kier molecular flexibility index (Phi) is 3.60. The zero-order valence-electron chi connectivity index (χ0n) is 14.3. The lowest BCUT2D eigenvalue weighted by Crippen LogP contribution is -2.05. The summed E-state index contributed by atoms with van der Waals surface area (Å²) < 4.78 is 15.7. The minimum Gasteiger partial charge on any atom is -0.493 e. The Bertz CT molecular complexity index is 1150. The molecule has 1 saturated carbocycles. The fourth-order valence-electron chi connectivity index (χ4n) is 3.14. The van der Waals surface area contributed by atoms with Crippen molar-refractivity contribution in [3.05, 3.63) is 65.7 Å². The van der Waals surface area contributed by atoms with E-state index in [1.807, 2.05) is 6.07 Å². The molecule has 1 radical (unpaired) electrons. The number of fused-ring (bicyclic) bond motifs is 1. The number of rotatable bonds is 4. The number of pyridine rings is 1. The van der Waals surface area contributed by atoms with Crippen LogP contribution in [0, 0.1) is 11.9 Å². The predicted octanol–water partition coefficient (Wildman–Crippen LogP) is 3.46. The van der Waals surface area contributed by atoms with Crippen molar-refractivity contribution in [2.45, 2.75) is 25.3 Å². The molecule has 0 atom stereocenters. The maximum Gasteiger partial charge on any atom is 0.223 e. The van der Waals surface area contributed by atoms with Gasteiger partial charge in [-0.3, -0.25) is 0 Å². The highest BCUT2D eigenvalue weighted by Crippen LogP contribution is 2.40. The van der Waals surface area contributed by atoms with E-state index in [0.29, 0.717) is 34.3 Å². The van der Waals surface area contributed by atoms with Crippen LogP contribution in [-0.2, 0) is 6.54 Å². The van der Waals surface area contributed by atoms with E-state index in [2.05, 4.69) is 26.1 Å². The average Bonchev–Trinajstić information content (AvgIpc) is 3.46. The number of aromatic hydroxyl groups is 1. The molecule has 4 aromatic rings. The molecule has 0 saturated heterocycles. The van der Waals surface area contributed by atoms with Crippen molar-refractivity contribution in [3.8, 4) is 17.4 Å². The number of benzene rings is 1. The summed E-state index contributed by atoms with van der Waals surface area (Å²) in [5.41, 5.74) is 2.35. The second-order valence-corrected chi connectivity index (χ2v) is 6.63. The van der Waals surface area contributed by atoms with Gasteiger partial charge < -0.3 is 5.11 Å². The molecule has 1 aliphatic rings. The zero-order valence-corrected chi connectivity index (χ0v) is 14.3. The summed E-state index contributed by atoms with van der Waals surface area (Å²) in [5.74, 6) is 0.168. The lowest BCUT2D eigenvalue weighted by molar-refractivity contribution is 0.450. The van der Waals surface area contributed by atoms with Crippen LogP contribution in [0.1, 0.15) is 30.0 Å². The quantitative estimate of drug-likeness (QED) is 0.603. The summed E-state index contributed by atoms with van der Waals surface area (Å²) >= 11 is 0. The molecule has 1 aliphatic carbocycles. The minimum atomic E-state index is -0.294. The van der Waals surface area contributed by atoms with Gasteiger partial charge in [-0.05, 0) is 31.0 Å². The van der Waals surface area contributed by atoms with E-state index in [4.69, 9.17) is 0 Å². The molecule has 27 heavy (non-hydrogen) atoms. The SMILES string of the molecule is Oc1[c]c(C2CC2)nc(-c2nn(Cc3ccccc3F)c3ncccc23)n1. The Morgan fingerprint density at radius 2 is 2.00 bits per heavy atom. The van der Waals surface area contributed by atoms with Crippen molar-refractivity contribution in [1.29, 1.82) is 0 Å². The highest BCUT2D eigenvalue weighted by molar-refractivity contribution is 5.89. The van der Waals surface area contributed by atoms with Gasteiger partial charge in [-0.1, -0.05) is 18.2 Å². The van der Waals surface area contributed by atoms with E-state index in [0.717, 1.165) is 18.2 Å². The number of nitrogens with zero attached hydrogens (tertiary/aromatic N) is 5. The van der Waals surface area contributed by atoms with Gasteiger partial charge in [0.1, 0.15) is 11.5 Å². The third-order valence-electron chi connectivity index (χ3n) is 4.64. The van der Waals surface area contributed by atoms with E-state index in [-0.39, 0.29) is 18.2 Å². The Labute approximate surface area is 154 Å². The first-order valence-electron chi connectivity index (χ1n) is 8.74. The Morgan fingerprint density at radius 1 is 1.15 bits per heavy atom. The van der Waals surface area contributed by atoms with Crippen LogP contribution < -0.4 is 0 Å². The lowest BCUT2D eigenvalue weighted by atomic mass is 10.2. The third kappa shape index (κ3) is 2.91. The van der Waals surface area contributed by atoms with Crippen molar-refractivity contribution in [3.63, 3.8) is 0 Å². The molecule has 5 rings (SSSR count). The second-order valence-electron chi connectivity index (χ2n) is 6.63.